The second-order valence-electron chi connectivity index (χ2n) is 5.69. The average molecular weight is 304 g/mol. The highest BCUT2D eigenvalue weighted by molar-refractivity contribution is 5.94. The van der Waals surface area contributed by atoms with Gasteiger partial charge in [-0.15, -0.1) is 0 Å². The van der Waals surface area contributed by atoms with E-state index in [4.69, 9.17) is 9.47 Å². The highest BCUT2D eigenvalue weighted by Gasteiger charge is 2.17. The molecular formula is C16H20N2O4. The monoisotopic (exact) mass is 304 g/mol. The van der Waals surface area contributed by atoms with E-state index < -0.39 is 0 Å². The first-order chi connectivity index (χ1) is 10.7. The van der Waals surface area contributed by atoms with Crippen molar-refractivity contribution in [1.29, 1.82) is 0 Å². The van der Waals surface area contributed by atoms with Crippen LogP contribution >= 0.6 is 0 Å². The molecule has 118 valence electrons. The molecule has 22 heavy (non-hydrogen) atoms. The third kappa shape index (κ3) is 3.76. The molecule has 2 N–H and O–H groups in total. The Morgan fingerprint density at radius 1 is 1.41 bits per heavy atom. The number of rotatable bonds is 5. The molecule has 0 unspecified atom stereocenters. The predicted octanol–water partition coefficient (Wildman–Crippen LogP) is 1.10. The van der Waals surface area contributed by atoms with Crippen LogP contribution in [-0.2, 0) is 20.7 Å². The number of hydrogen-bond donors (Lipinski definition) is 2. The summed E-state index contributed by atoms with van der Waals surface area (Å²) in [6.07, 6.45) is 2.18. The lowest BCUT2D eigenvalue weighted by Crippen LogP contribution is -2.33. The van der Waals surface area contributed by atoms with E-state index in [1.54, 1.807) is 6.07 Å². The maximum atomic E-state index is 11.8. The van der Waals surface area contributed by atoms with Crippen molar-refractivity contribution in [1.82, 2.24) is 5.32 Å². The van der Waals surface area contributed by atoms with Gasteiger partial charge in [-0.3, -0.25) is 9.59 Å². The molecule has 3 rings (SSSR count). The zero-order chi connectivity index (χ0) is 15.4. The van der Waals surface area contributed by atoms with E-state index in [2.05, 4.69) is 10.6 Å². The van der Waals surface area contributed by atoms with E-state index in [0.29, 0.717) is 31.1 Å². The van der Waals surface area contributed by atoms with Gasteiger partial charge in [0, 0.05) is 31.2 Å². The Morgan fingerprint density at radius 2 is 2.32 bits per heavy atom. The van der Waals surface area contributed by atoms with E-state index in [1.165, 1.54) is 0 Å². The zero-order valence-corrected chi connectivity index (χ0v) is 12.4. The number of nitrogens with one attached hydrogen (secondary N) is 2. The van der Waals surface area contributed by atoms with Crippen molar-refractivity contribution in [2.45, 2.75) is 19.3 Å². The maximum absolute atomic E-state index is 11.8. The van der Waals surface area contributed by atoms with Crippen LogP contribution in [0.3, 0.4) is 0 Å². The summed E-state index contributed by atoms with van der Waals surface area (Å²) in [5.41, 5.74) is 1.87. The molecule has 1 saturated heterocycles. The molecule has 2 aliphatic heterocycles. The first kappa shape index (κ1) is 14.8. The number of benzene rings is 1. The van der Waals surface area contributed by atoms with Crippen molar-refractivity contribution in [2.75, 3.05) is 31.7 Å². The number of hydrogen-bond acceptors (Lipinski definition) is 4. The summed E-state index contributed by atoms with van der Waals surface area (Å²) in [6.45, 7) is 2.14. The molecule has 2 heterocycles. The van der Waals surface area contributed by atoms with Crippen molar-refractivity contribution < 1.29 is 19.1 Å². The van der Waals surface area contributed by atoms with E-state index >= 15 is 0 Å². The Morgan fingerprint density at radius 3 is 3.14 bits per heavy atom. The zero-order valence-electron chi connectivity index (χ0n) is 12.4. The molecule has 0 aliphatic carbocycles. The molecule has 0 spiro atoms. The van der Waals surface area contributed by atoms with E-state index in [0.717, 1.165) is 30.9 Å². The molecular weight excluding hydrogens is 284 g/mol. The van der Waals surface area contributed by atoms with Gasteiger partial charge in [0.05, 0.1) is 6.61 Å². The summed E-state index contributed by atoms with van der Waals surface area (Å²) >= 11 is 0. The molecule has 0 radical (unpaired) electrons. The lowest BCUT2D eigenvalue weighted by atomic mass is 10.0. The summed E-state index contributed by atoms with van der Waals surface area (Å²) in [5.74, 6) is 0.972. The minimum absolute atomic E-state index is 0.00127. The van der Waals surface area contributed by atoms with Gasteiger partial charge in [-0.25, -0.2) is 0 Å². The van der Waals surface area contributed by atoms with Crippen molar-refractivity contribution in [3.63, 3.8) is 0 Å². The highest BCUT2D eigenvalue weighted by atomic mass is 16.5. The molecule has 1 aromatic carbocycles. The minimum Gasteiger partial charge on any atom is -0.484 e. The van der Waals surface area contributed by atoms with Crippen molar-refractivity contribution in [3.05, 3.63) is 23.8 Å². The number of anilines is 1. The van der Waals surface area contributed by atoms with Gasteiger partial charge in [-0.05, 0) is 36.6 Å². The number of amides is 2. The number of carbonyl (C=O) groups excluding carboxylic acids is 2. The standard InChI is InChI=1S/C16H20N2O4/c19-15-4-1-12-7-13(2-3-14(12)18-15)22-10-16(20)17-8-11-5-6-21-9-11/h2-3,7,11H,1,4-6,8-10H2,(H,17,20)(H,18,19)/t11-/m0/s1. The van der Waals surface area contributed by atoms with E-state index in [1.807, 2.05) is 12.1 Å². The van der Waals surface area contributed by atoms with E-state index in [-0.39, 0.29) is 18.4 Å². The third-order valence-corrected chi connectivity index (χ3v) is 3.95. The van der Waals surface area contributed by atoms with Gasteiger partial charge < -0.3 is 20.1 Å². The number of carbonyl (C=O) groups is 2. The SMILES string of the molecule is O=C(COc1ccc2c(c1)CCC(=O)N2)NC[C@@H]1CCOC1. The molecule has 0 saturated carbocycles. The maximum Gasteiger partial charge on any atom is 0.257 e. The topological polar surface area (TPSA) is 76.7 Å². The quantitative estimate of drug-likeness (QED) is 0.854. The third-order valence-electron chi connectivity index (χ3n) is 3.95. The van der Waals surface area contributed by atoms with Gasteiger partial charge in [-0.2, -0.15) is 0 Å². The summed E-state index contributed by atoms with van der Waals surface area (Å²) in [6, 6.07) is 5.46. The Labute approximate surface area is 129 Å². The smallest absolute Gasteiger partial charge is 0.257 e. The Kier molecular flexibility index (Phi) is 4.58. The van der Waals surface area contributed by atoms with Gasteiger partial charge in [0.15, 0.2) is 6.61 Å². The van der Waals surface area contributed by atoms with Gasteiger partial charge >= 0.3 is 0 Å². The van der Waals surface area contributed by atoms with Crippen LogP contribution in [0.5, 0.6) is 5.75 Å². The van der Waals surface area contributed by atoms with Crippen LogP contribution in [0.2, 0.25) is 0 Å². The summed E-state index contributed by atoms with van der Waals surface area (Å²) in [4.78, 5) is 23.1. The summed E-state index contributed by atoms with van der Waals surface area (Å²) in [5, 5.41) is 5.68. The molecule has 2 aliphatic rings. The Bertz CT molecular complexity index is 567. The fourth-order valence-electron chi connectivity index (χ4n) is 2.65. The lowest BCUT2D eigenvalue weighted by molar-refractivity contribution is -0.123. The molecule has 6 nitrogen and oxygen atoms in total. The first-order valence-electron chi connectivity index (χ1n) is 7.61. The van der Waals surface area contributed by atoms with Crippen LogP contribution in [0.1, 0.15) is 18.4 Å². The second-order valence-corrected chi connectivity index (χ2v) is 5.69. The Hall–Kier alpha value is -2.08. The molecule has 1 fully saturated rings. The van der Waals surface area contributed by atoms with Gasteiger partial charge in [-0.1, -0.05) is 0 Å². The van der Waals surface area contributed by atoms with Crippen LogP contribution in [0, 0.1) is 5.92 Å². The fraction of sp³-hybridized carbons (Fsp3) is 0.500. The number of aryl methyl sites for hydroxylation is 1. The van der Waals surface area contributed by atoms with Gasteiger partial charge in [0.25, 0.3) is 5.91 Å². The van der Waals surface area contributed by atoms with Crippen LogP contribution in [0.15, 0.2) is 18.2 Å². The normalized spacial score (nSPS) is 20.2. The number of fused-ring (bicyclic) bond motifs is 1. The van der Waals surface area contributed by atoms with E-state index in [9.17, 15) is 9.59 Å². The molecule has 6 heteroatoms. The predicted molar refractivity (Wildman–Crippen MR) is 80.8 cm³/mol. The average Bonchev–Trinajstić information content (AvgIpc) is 3.04. The number of ether oxygens (including phenoxy) is 2. The minimum atomic E-state index is -0.127. The van der Waals surface area contributed by atoms with Gasteiger partial charge in [0.2, 0.25) is 5.91 Å². The van der Waals surface area contributed by atoms with Crippen LogP contribution in [0.25, 0.3) is 0 Å². The van der Waals surface area contributed by atoms with Crippen LogP contribution in [0.4, 0.5) is 5.69 Å². The molecule has 0 aromatic heterocycles. The first-order valence-corrected chi connectivity index (χ1v) is 7.61. The molecule has 1 aromatic rings. The summed E-state index contributed by atoms with van der Waals surface area (Å²) < 4.78 is 10.8. The van der Waals surface area contributed by atoms with Crippen LogP contribution in [-0.4, -0.2) is 38.2 Å². The van der Waals surface area contributed by atoms with Crippen LogP contribution < -0.4 is 15.4 Å². The fourth-order valence-corrected chi connectivity index (χ4v) is 2.65. The molecule has 1 atom stereocenters. The second kappa shape index (κ2) is 6.79. The van der Waals surface area contributed by atoms with Crippen molar-refractivity contribution in [3.8, 4) is 5.75 Å². The van der Waals surface area contributed by atoms with Crippen molar-refractivity contribution >= 4 is 17.5 Å². The Balaban J connectivity index is 1.46. The largest absolute Gasteiger partial charge is 0.484 e. The lowest BCUT2D eigenvalue weighted by Gasteiger charge is -2.17. The van der Waals surface area contributed by atoms with Crippen molar-refractivity contribution in [2.24, 2.45) is 5.92 Å². The van der Waals surface area contributed by atoms with Gasteiger partial charge in [0.1, 0.15) is 5.75 Å². The molecule has 0 bridgehead atoms. The summed E-state index contributed by atoms with van der Waals surface area (Å²) in [7, 11) is 0. The molecule has 2 amide bonds. The highest BCUT2D eigenvalue weighted by Crippen LogP contribution is 2.26.